The number of benzene rings is 8. The minimum Gasteiger partial charge on any atom is -0.310 e. The van der Waals surface area contributed by atoms with Gasteiger partial charge in [0.2, 0.25) is 0 Å². The highest BCUT2D eigenvalue weighted by atomic mass is 15.1. The summed E-state index contributed by atoms with van der Waals surface area (Å²) in [7, 11) is 0. The Morgan fingerprint density at radius 1 is 0.333 bits per heavy atom. The van der Waals surface area contributed by atoms with Crippen molar-refractivity contribution in [1.29, 1.82) is 0 Å². The van der Waals surface area contributed by atoms with Crippen molar-refractivity contribution in [2.45, 2.75) is 19.3 Å². The molecule has 0 radical (unpaired) electrons. The van der Waals surface area contributed by atoms with Gasteiger partial charge in [0, 0.05) is 22.5 Å². The van der Waals surface area contributed by atoms with E-state index in [4.69, 9.17) is 0 Å². The predicted octanol–water partition coefficient (Wildman–Crippen LogP) is 13.1. The number of hydrogen-bond donors (Lipinski definition) is 0. The zero-order valence-corrected chi connectivity index (χ0v) is 27.2. The molecular formula is C47H35N. The van der Waals surface area contributed by atoms with Gasteiger partial charge in [-0.2, -0.15) is 0 Å². The van der Waals surface area contributed by atoms with Gasteiger partial charge in [-0.1, -0.05) is 141 Å². The molecule has 0 amide bonds. The zero-order valence-electron chi connectivity index (χ0n) is 27.2. The van der Waals surface area contributed by atoms with E-state index in [0.29, 0.717) is 0 Å². The van der Waals surface area contributed by atoms with Crippen LogP contribution >= 0.6 is 0 Å². The van der Waals surface area contributed by atoms with Crippen LogP contribution in [-0.4, -0.2) is 0 Å². The van der Waals surface area contributed by atoms with E-state index in [2.05, 4.69) is 195 Å². The van der Waals surface area contributed by atoms with Crippen LogP contribution in [0, 0.1) is 0 Å². The molecule has 8 aromatic rings. The second-order valence-corrected chi connectivity index (χ2v) is 13.5. The maximum atomic E-state index is 2.41. The molecule has 0 bridgehead atoms. The summed E-state index contributed by atoms with van der Waals surface area (Å²) in [6, 6.07) is 64.5. The fourth-order valence-electron chi connectivity index (χ4n) is 7.63. The number of hydrogen-bond acceptors (Lipinski definition) is 1. The lowest BCUT2D eigenvalue weighted by Crippen LogP contribution is -2.16. The Labute approximate surface area is 282 Å². The van der Waals surface area contributed by atoms with Crippen molar-refractivity contribution in [2.24, 2.45) is 0 Å². The fraction of sp³-hybridized carbons (Fsp3) is 0.0638. The molecule has 0 spiro atoms. The second-order valence-electron chi connectivity index (χ2n) is 13.5. The molecule has 0 saturated carbocycles. The Kier molecular flexibility index (Phi) is 6.55. The normalized spacial score (nSPS) is 13.0. The maximum absolute atomic E-state index is 2.41. The minimum atomic E-state index is -0.0761. The first-order valence-electron chi connectivity index (χ1n) is 16.8. The standard InChI is InChI=1S/C47H35N/c1-47(2)45-15-9-8-14-43(45)44-27-26-42(31-46(44)47)48(40-23-20-34(21-24-40)32-10-4-3-5-11-32)41-25-22-38-29-37(18-19-39(38)30-41)36-17-16-33-12-6-7-13-35(33)28-36/h3-31H,1-2H3. The second kappa shape index (κ2) is 11.1. The molecule has 48 heavy (non-hydrogen) atoms. The van der Waals surface area contributed by atoms with Gasteiger partial charge in [-0.15, -0.1) is 0 Å². The van der Waals surface area contributed by atoms with Crippen LogP contribution < -0.4 is 4.90 Å². The third-order valence-corrected chi connectivity index (χ3v) is 10.2. The summed E-state index contributed by atoms with van der Waals surface area (Å²) in [6.45, 7) is 4.70. The Morgan fingerprint density at radius 3 is 1.62 bits per heavy atom. The van der Waals surface area contributed by atoms with Gasteiger partial charge in [0.05, 0.1) is 0 Å². The summed E-state index contributed by atoms with van der Waals surface area (Å²) in [4.78, 5) is 2.41. The topological polar surface area (TPSA) is 3.24 Å². The lowest BCUT2D eigenvalue weighted by Gasteiger charge is -2.28. The monoisotopic (exact) mass is 613 g/mol. The van der Waals surface area contributed by atoms with Crippen LogP contribution in [0.15, 0.2) is 176 Å². The molecule has 0 atom stereocenters. The molecular weight excluding hydrogens is 579 g/mol. The van der Waals surface area contributed by atoms with E-state index in [0.717, 1.165) is 17.1 Å². The Balaban J connectivity index is 1.15. The van der Waals surface area contributed by atoms with Crippen molar-refractivity contribution in [2.75, 3.05) is 4.90 Å². The molecule has 0 N–H and O–H groups in total. The summed E-state index contributed by atoms with van der Waals surface area (Å²) < 4.78 is 0. The number of fused-ring (bicyclic) bond motifs is 5. The van der Waals surface area contributed by atoms with Crippen molar-refractivity contribution in [3.8, 4) is 33.4 Å². The van der Waals surface area contributed by atoms with E-state index in [1.54, 1.807) is 0 Å². The minimum absolute atomic E-state index is 0.0761. The first-order chi connectivity index (χ1) is 23.5. The zero-order chi connectivity index (χ0) is 32.2. The van der Waals surface area contributed by atoms with Crippen LogP contribution in [0.1, 0.15) is 25.0 Å². The average Bonchev–Trinajstić information content (AvgIpc) is 3.37. The van der Waals surface area contributed by atoms with Crippen molar-refractivity contribution in [3.05, 3.63) is 187 Å². The highest BCUT2D eigenvalue weighted by Gasteiger charge is 2.35. The van der Waals surface area contributed by atoms with Gasteiger partial charge in [-0.05, 0) is 115 Å². The molecule has 0 aromatic heterocycles. The summed E-state index contributed by atoms with van der Waals surface area (Å²) in [5.41, 5.74) is 13.7. The molecule has 1 heteroatoms. The molecule has 0 aliphatic heterocycles. The van der Waals surface area contributed by atoms with Crippen molar-refractivity contribution in [3.63, 3.8) is 0 Å². The van der Waals surface area contributed by atoms with Crippen molar-refractivity contribution >= 4 is 38.6 Å². The first kappa shape index (κ1) is 28.3. The molecule has 8 aromatic carbocycles. The van der Waals surface area contributed by atoms with E-state index in [1.165, 1.54) is 66.1 Å². The highest BCUT2D eigenvalue weighted by molar-refractivity contribution is 5.94. The van der Waals surface area contributed by atoms with Gasteiger partial charge in [0.1, 0.15) is 0 Å². The number of nitrogens with zero attached hydrogens (tertiary/aromatic N) is 1. The Morgan fingerprint density at radius 2 is 0.833 bits per heavy atom. The summed E-state index contributed by atoms with van der Waals surface area (Å²) in [5.74, 6) is 0. The smallest absolute Gasteiger partial charge is 0.0468 e. The lowest BCUT2D eigenvalue weighted by atomic mass is 9.82. The third kappa shape index (κ3) is 4.70. The van der Waals surface area contributed by atoms with Crippen LogP contribution in [0.25, 0.3) is 54.9 Å². The summed E-state index contributed by atoms with van der Waals surface area (Å²) in [5, 5.41) is 4.98. The molecule has 0 saturated heterocycles. The first-order valence-corrected chi connectivity index (χ1v) is 16.8. The summed E-state index contributed by atoms with van der Waals surface area (Å²) in [6.07, 6.45) is 0. The summed E-state index contributed by atoms with van der Waals surface area (Å²) >= 11 is 0. The van der Waals surface area contributed by atoms with E-state index in [-0.39, 0.29) is 5.41 Å². The quantitative estimate of drug-likeness (QED) is 0.187. The number of anilines is 3. The Hall–Kier alpha value is -5.92. The van der Waals surface area contributed by atoms with Crippen molar-refractivity contribution in [1.82, 2.24) is 0 Å². The van der Waals surface area contributed by atoms with Crippen LogP contribution in [0.2, 0.25) is 0 Å². The number of rotatable bonds is 5. The van der Waals surface area contributed by atoms with Gasteiger partial charge in [0.25, 0.3) is 0 Å². The highest BCUT2D eigenvalue weighted by Crippen LogP contribution is 2.50. The lowest BCUT2D eigenvalue weighted by molar-refractivity contribution is 0.660. The molecule has 0 fully saturated rings. The van der Waals surface area contributed by atoms with E-state index >= 15 is 0 Å². The molecule has 1 aliphatic rings. The van der Waals surface area contributed by atoms with Crippen LogP contribution in [0.3, 0.4) is 0 Å². The molecule has 1 aliphatic carbocycles. The van der Waals surface area contributed by atoms with Gasteiger partial charge < -0.3 is 4.90 Å². The largest absolute Gasteiger partial charge is 0.310 e. The van der Waals surface area contributed by atoms with Gasteiger partial charge in [0.15, 0.2) is 0 Å². The molecule has 0 heterocycles. The Bertz CT molecular complexity index is 2470. The third-order valence-electron chi connectivity index (χ3n) is 10.2. The molecule has 1 nitrogen and oxygen atoms in total. The van der Waals surface area contributed by atoms with Crippen LogP contribution in [0.5, 0.6) is 0 Å². The van der Waals surface area contributed by atoms with Crippen LogP contribution in [0.4, 0.5) is 17.1 Å². The molecule has 9 rings (SSSR count). The average molecular weight is 614 g/mol. The van der Waals surface area contributed by atoms with E-state index in [1.807, 2.05) is 0 Å². The van der Waals surface area contributed by atoms with E-state index < -0.39 is 0 Å². The van der Waals surface area contributed by atoms with Gasteiger partial charge in [-0.3, -0.25) is 0 Å². The van der Waals surface area contributed by atoms with Crippen molar-refractivity contribution < 1.29 is 0 Å². The van der Waals surface area contributed by atoms with Gasteiger partial charge >= 0.3 is 0 Å². The van der Waals surface area contributed by atoms with Gasteiger partial charge in [-0.25, -0.2) is 0 Å². The van der Waals surface area contributed by atoms with E-state index in [9.17, 15) is 0 Å². The predicted molar refractivity (Wildman–Crippen MR) is 205 cm³/mol. The SMILES string of the molecule is CC1(C)c2ccccc2-c2ccc(N(c3ccc(-c4ccccc4)cc3)c3ccc4cc(-c5ccc6ccccc6c5)ccc4c3)cc21. The molecule has 228 valence electrons. The maximum Gasteiger partial charge on any atom is 0.0468 e. The van der Waals surface area contributed by atoms with Crippen LogP contribution in [-0.2, 0) is 5.41 Å². The molecule has 0 unspecified atom stereocenters. The fourth-order valence-corrected chi connectivity index (χ4v) is 7.63.